The zero-order valence-electron chi connectivity index (χ0n) is 13.4. The summed E-state index contributed by atoms with van der Waals surface area (Å²) < 4.78 is 2.69. The molecule has 132 valence electrons. The van der Waals surface area contributed by atoms with Crippen LogP contribution in [-0.2, 0) is 6.54 Å². The largest absolute Gasteiger partial charge is 0.291 e. The van der Waals surface area contributed by atoms with E-state index in [1.807, 2.05) is 24.3 Å². The van der Waals surface area contributed by atoms with Crippen LogP contribution >= 0.6 is 39.1 Å². The molecule has 0 aliphatic heterocycles. The van der Waals surface area contributed by atoms with Crippen LogP contribution in [0.25, 0.3) is 0 Å². The van der Waals surface area contributed by atoms with Crippen LogP contribution in [0, 0.1) is 0 Å². The average molecular weight is 452 g/mol. The number of amides is 1. The van der Waals surface area contributed by atoms with Gasteiger partial charge in [-0.1, -0.05) is 57.3 Å². The minimum atomic E-state index is -0.394. The van der Waals surface area contributed by atoms with E-state index in [0.29, 0.717) is 16.6 Å². The number of carbonyl (C=O) groups excluding carboxylic acids is 1. The Morgan fingerprint density at radius 3 is 2.81 bits per heavy atom. The lowest BCUT2D eigenvalue weighted by atomic mass is 10.2. The number of hydrogen-bond donors (Lipinski definition) is 1. The number of aromatic nitrogens is 2. The van der Waals surface area contributed by atoms with Crippen molar-refractivity contribution in [3.63, 3.8) is 0 Å². The topological polar surface area (TPSA) is 59.3 Å². The van der Waals surface area contributed by atoms with Crippen molar-refractivity contribution in [1.29, 1.82) is 0 Å². The normalized spacial score (nSPS) is 11.0. The summed E-state index contributed by atoms with van der Waals surface area (Å²) in [5.41, 5.74) is 4.52. The summed E-state index contributed by atoms with van der Waals surface area (Å²) in [4.78, 5) is 12.1. The number of carbonyl (C=O) groups is 1. The molecule has 0 unspecified atom stereocenters. The molecule has 8 heteroatoms. The van der Waals surface area contributed by atoms with E-state index < -0.39 is 5.91 Å². The lowest BCUT2D eigenvalue weighted by molar-refractivity contribution is 0.0949. The predicted octanol–water partition coefficient (Wildman–Crippen LogP) is 4.76. The van der Waals surface area contributed by atoms with E-state index in [2.05, 4.69) is 31.6 Å². The fourth-order valence-corrected chi connectivity index (χ4v) is 2.96. The van der Waals surface area contributed by atoms with Gasteiger partial charge in [0.1, 0.15) is 0 Å². The van der Waals surface area contributed by atoms with Crippen LogP contribution < -0.4 is 5.43 Å². The lowest BCUT2D eigenvalue weighted by Gasteiger charge is -2.02. The molecule has 0 fully saturated rings. The van der Waals surface area contributed by atoms with Crippen molar-refractivity contribution < 1.29 is 4.79 Å². The fourth-order valence-electron chi connectivity index (χ4n) is 2.21. The Bertz CT molecular complexity index is 971. The molecule has 3 aromatic rings. The first kappa shape index (κ1) is 18.6. The molecule has 0 aliphatic rings. The Morgan fingerprint density at radius 1 is 1.19 bits per heavy atom. The first-order valence-corrected chi connectivity index (χ1v) is 9.12. The second-order valence-corrected chi connectivity index (χ2v) is 7.13. The quantitative estimate of drug-likeness (QED) is 0.448. The highest BCUT2D eigenvalue weighted by Crippen LogP contribution is 2.21. The molecule has 1 N–H and O–H groups in total. The SMILES string of the molecule is O=C(N/N=C\c1ccc(Cl)c(Cl)c1)c1ccn(Cc2cccc(Br)c2)n1. The third kappa shape index (κ3) is 4.94. The van der Waals surface area contributed by atoms with Gasteiger partial charge < -0.3 is 0 Å². The van der Waals surface area contributed by atoms with Gasteiger partial charge in [-0.05, 0) is 41.5 Å². The van der Waals surface area contributed by atoms with Crippen molar-refractivity contribution in [3.8, 4) is 0 Å². The smallest absolute Gasteiger partial charge is 0.268 e. The number of rotatable bonds is 5. The van der Waals surface area contributed by atoms with Gasteiger partial charge in [0.15, 0.2) is 5.69 Å². The Morgan fingerprint density at radius 2 is 2.04 bits per heavy atom. The summed E-state index contributed by atoms with van der Waals surface area (Å²) in [6.07, 6.45) is 3.23. The molecular formula is C18H13BrCl2N4O. The van der Waals surface area contributed by atoms with Crippen molar-refractivity contribution in [2.75, 3.05) is 0 Å². The van der Waals surface area contributed by atoms with Gasteiger partial charge in [0.2, 0.25) is 0 Å². The molecule has 1 heterocycles. The monoisotopic (exact) mass is 450 g/mol. The zero-order valence-corrected chi connectivity index (χ0v) is 16.5. The van der Waals surface area contributed by atoms with E-state index in [-0.39, 0.29) is 5.69 Å². The molecule has 1 aromatic heterocycles. The minimum absolute atomic E-state index is 0.284. The van der Waals surface area contributed by atoms with E-state index in [1.165, 1.54) is 6.21 Å². The maximum atomic E-state index is 12.1. The van der Waals surface area contributed by atoms with Crippen LogP contribution in [0.3, 0.4) is 0 Å². The number of hydrazone groups is 1. The van der Waals surface area contributed by atoms with Gasteiger partial charge in [-0.15, -0.1) is 0 Å². The van der Waals surface area contributed by atoms with Crippen LogP contribution in [-0.4, -0.2) is 21.9 Å². The molecule has 3 rings (SSSR count). The predicted molar refractivity (Wildman–Crippen MR) is 107 cm³/mol. The number of hydrogen-bond acceptors (Lipinski definition) is 3. The van der Waals surface area contributed by atoms with Crippen molar-refractivity contribution in [2.45, 2.75) is 6.54 Å². The van der Waals surface area contributed by atoms with Crippen LogP contribution in [0.4, 0.5) is 0 Å². The average Bonchev–Trinajstić information content (AvgIpc) is 3.06. The number of halogens is 3. The van der Waals surface area contributed by atoms with Crippen LogP contribution in [0.15, 0.2) is 64.3 Å². The molecule has 0 aliphatic carbocycles. The van der Waals surface area contributed by atoms with Gasteiger partial charge in [0, 0.05) is 10.7 Å². The molecule has 26 heavy (non-hydrogen) atoms. The van der Waals surface area contributed by atoms with Gasteiger partial charge in [0.05, 0.1) is 22.8 Å². The Balaban J connectivity index is 1.61. The number of nitrogens with zero attached hydrogens (tertiary/aromatic N) is 3. The molecule has 0 bridgehead atoms. The molecule has 0 saturated carbocycles. The highest BCUT2D eigenvalue weighted by molar-refractivity contribution is 9.10. The van der Waals surface area contributed by atoms with Gasteiger partial charge in [-0.2, -0.15) is 10.2 Å². The van der Waals surface area contributed by atoms with E-state index in [1.54, 1.807) is 35.1 Å². The first-order valence-electron chi connectivity index (χ1n) is 7.57. The molecular weight excluding hydrogens is 439 g/mol. The third-order valence-electron chi connectivity index (χ3n) is 3.43. The summed E-state index contributed by atoms with van der Waals surface area (Å²) in [6, 6.07) is 14.6. The van der Waals surface area contributed by atoms with Crippen LogP contribution in [0.5, 0.6) is 0 Å². The van der Waals surface area contributed by atoms with Gasteiger partial charge in [0.25, 0.3) is 5.91 Å². The second kappa shape index (κ2) is 8.49. The van der Waals surface area contributed by atoms with Crippen molar-refractivity contribution in [2.24, 2.45) is 5.10 Å². The Kier molecular flexibility index (Phi) is 6.08. The highest BCUT2D eigenvalue weighted by atomic mass is 79.9. The number of benzene rings is 2. The Labute approximate surface area is 168 Å². The Hall–Kier alpha value is -2.15. The van der Waals surface area contributed by atoms with E-state index in [0.717, 1.165) is 15.6 Å². The summed E-state index contributed by atoms with van der Waals surface area (Å²) >= 11 is 15.2. The molecule has 0 spiro atoms. The summed E-state index contributed by atoms with van der Waals surface area (Å²) in [5, 5.41) is 9.06. The van der Waals surface area contributed by atoms with E-state index >= 15 is 0 Å². The van der Waals surface area contributed by atoms with E-state index in [9.17, 15) is 4.79 Å². The summed E-state index contributed by atoms with van der Waals surface area (Å²) in [5.74, 6) is -0.394. The highest BCUT2D eigenvalue weighted by Gasteiger charge is 2.09. The molecule has 2 aromatic carbocycles. The van der Waals surface area contributed by atoms with Gasteiger partial charge in [-0.3, -0.25) is 9.48 Å². The van der Waals surface area contributed by atoms with E-state index in [4.69, 9.17) is 23.2 Å². The van der Waals surface area contributed by atoms with Crippen LogP contribution in [0.1, 0.15) is 21.6 Å². The number of nitrogens with one attached hydrogen (secondary N) is 1. The summed E-state index contributed by atoms with van der Waals surface area (Å²) in [6.45, 7) is 0.569. The van der Waals surface area contributed by atoms with Gasteiger partial charge in [-0.25, -0.2) is 5.43 Å². The van der Waals surface area contributed by atoms with Crippen LogP contribution in [0.2, 0.25) is 10.0 Å². The maximum absolute atomic E-state index is 12.1. The summed E-state index contributed by atoms with van der Waals surface area (Å²) in [7, 11) is 0. The molecule has 0 atom stereocenters. The molecule has 5 nitrogen and oxygen atoms in total. The van der Waals surface area contributed by atoms with Crippen molar-refractivity contribution in [3.05, 3.63) is 86.1 Å². The molecule has 1 amide bonds. The minimum Gasteiger partial charge on any atom is -0.268 e. The second-order valence-electron chi connectivity index (χ2n) is 5.40. The van der Waals surface area contributed by atoms with Crippen molar-refractivity contribution in [1.82, 2.24) is 15.2 Å². The lowest BCUT2D eigenvalue weighted by Crippen LogP contribution is -2.18. The maximum Gasteiger partial charge on any atom is 0.291 e. The molecule has 0 saturated heterocycles. The zero-order chi connectivity index (χ0) is 18.5. The van der Waals surface area contributed by atoms with Gasteiger partial charge >= 0.3 is 0 Å². The fraction of sp³-hybridized carbons (Fsp3) is 0.0556. The van der Waals surface area contributed by atoms with Crippen molar-refractivity contribution >= 4 is 51.3 Å². The molecule has 0 radical (unpaired) electrons. The standard InChI is InChI=1S/C18H13BrCl2N4O/c19-14-3-1-2-13(8-14)11-25-7-6-17(24-25)18(26)23-22-10-12-4-5-15(20)16(21)9-12/h1-10H,11H2,(H,23,26)/b22-10-. The first-order chi connectivity index (χ1) is 12.5. The third-order valence-corrected chi connectivity index (χ3v) is 4.66.